The highest BCUT2D eigenvalue weighted by atomic mass is 16.4. The summed E-state index contributed by atoms with van der Waals surface area (Å²) in [5, 5.41) is 36.7. The normalized spacial score (nSPS) is 16.8. The van der Waals surface area contributed by atoms with E-state index in [4.69, 9.17) is 10.2 Å². The first-order valence-corrected chi connectivity index (χ1v) is 4.73. The van der Waals surface area contributed by atoms with Crippen LogP contribution in [0.25, 0.3) is 0 Å². The summed E-state index contributed by atoms with van der Waals surface area (Å²) in [6, 6.07) is 0. The van der Waals surface area contributed by atoms with Crippen LogP contribution in [0.2, 0.25) is 0 Å². The molecule has 0 aliphatic rings. The molecular formula is C9H14N2O5. The van der Waals surface area contributed by atoms with Crippen LogP contribution in [0.4, 0.5) is 0 Å². The largest absolute Gasteiger partial charge is 0.394 e. The van der Waals surface area contributed by atoms with E-state index in [-0.39, 0.29) is 12.1 Å². The highest BCUT2D eigenvalue weighted by molar-refractivity contribution is 5.52. The van der Waals surface area contributed by atoms with Crippen molar-refractivity contribution >= 4 is 6.29 Å². The molecule has 0 aliphatic carbocycles. The van der Waals surface area contributed by atoms with E-state index in [1.54, 1.807) is 0 Å². The number of imidazole rings is 1. The molecule has 0 saturated heterocycles. The maximum atomic E-state index is 10.2. The van der Waals surface area contributed by atoms with Crippen molar-refractivity contribution in [1.82, 2.24) is 9.97 Å². The summed E-state index contributed by atoms with van der Waals surface area (Å²) in [7, 11) is 0. The smallest absolute Gasteiger partial charge is 0.127 e. The summed E-state index contributed by atoms with van der Waals surface area (Å²) < 4.78 is 0. The predicted octanol–water partition coefficient (Wildman–Crippen LogP) is -2.10. The molecule has 5 N–H and O–H groups in total. The minimum absolute atomic E-state index is 0.0748. The Morgan fingerprint density at radius 2 is 2.12 bits per heavy atom. The number of aliphatic hydroxyl groups is 4. The van der Waals surface area contributed by atoms with Crippen molar-refractivity contribution in [2.45, 2.75) is 24.7 Å². The number of hydrogen-bond donors (Lipinski definition) is 5. The van der Waals surface area contributed by atoms with Crippen molar-refractivity contribution in [3.8, 4) is 0 Å². The van der Waals surface area contributed by atoms with E-state index in [0.717, 1.165) is 0 Å². The molecule has 0 spiro atoms. The van der Waals surface area contributed by atoms with Crippen LogP contribution < -0.4 is 0 Å². The lowest BCUT2D eigenvalue weighted by Crippen LogP contribution is -2.34. The molecule has 1 aromatic rings. The zero-order chi connectivity index (χ0) is 12.1. The molecule has 0 bridgehead atoms. The van der Waals surface area contributed by atoms with E-state index in [1.165, 1.54) is 6.20 Å². The van der Waals surface area contributed by atoms with E-state index in [1.807, 2.05) is 0 Å². The molecule has 1 heterocycles. The Morgan fingerprint density at radius 3 is 2.69 bits per heavy atom. The molecule has 90 valence electrons. The van der Waals surface area contributed by atoms with Gasteiger partial charge in [0.25, 0.3) is 0 Å². The highest BCUT2D eigenvalue weighted by Crippen LogP contribution is 2.17. The summed E-state index contributed by atoms with van der Waals surface area (Å²) in [6.07, 6.45) is -2.34. The Balaban J connectivity index is 2.71. The van der Waals surface area contributed by atoms with Gasteiger partial charge < -0.3 is 30.2 Å². The lowest BCUT2D eigenvalue weighted by atomic mass is 10.1. The molecule has 7 heteroatoms. The molecule has 1 rings (SSSR count). The number of aromatic amines is 1. The van der Waals surface area contributed by atoms with Gasteiger partial charge in [-0.3, -0.25) is 0 Å². The molecule has 1 aromatic heterocycles. The fraction of sp³-hybridized carbons (Fsp3) is 0.556. The summed E-state index contributed by atoms with van der Waals surface area (Å²) >= 11 is 0. The molecule has 0 aromatic carbocycles. The van der Waals surface area contributed by atoms with Gasteiger partial charge in [0.15, 0.2) is 0 Å². The first-order chi connectivity index (χ1) is 7.60. The molecule has 0 amide bonds. The van der Waals surface area contributed by atoms with Crippen molar-refractivity contribution in [2.24, 2.45) is 0 Å². The lowest BCUT2D eigenvalue weighted by Gasteiger charge is -2.19. The van der Waals surface area contributed by atoms with Crippen molar-refractivity contribution in [2.75, 3.05) is 6.61 Å². The summed E-state index contributed by atoms with van der Waals surface area (Å²) in [4.78, 5) is 16.7. The fourth-order valence-corrected chi connectivity index (χ4v) is 1.21. The van der Waals surface area contributed by atoms with Crippen molar-refractivity contribution in [3.05, 3.63) is 17.7 Å². The molecule has 0 radical (unpaired) electrons. The molecular weight excluding hydrogens is 216 g/mol. The molecule has 0 fully saturated rings. The Bertz CT molecular complexity index is 340. The van der Waals surface area contributed by atoms with Crippen LogP contribution in [0, 0.1) is 0 Å². The minimum Gasteiger partial charge on any atom is -0.394 e. The van der Waals surface area contributed by atoms with Crippen LogP contribution in [-0.4, -0.2) is 55.5 Å². The van der Waals surface area contributed by atoms with Gasteiger partial charge in [-0.15, -0.1) is 0 Å². The highest BCUT2D eigenvalue weighted by Gasteiger charge is 2.27. The second-order valence-electron chi connectivity index (χ2n) is 3.33. The molecule has 7 nitrogen and oxygen atoms in total. The third-order valence-electron chi connectivity index (χ3n) is 2.14. The van der Waals surface area contributed by atoms with Gasteiger partial charge in [0.2, 0.25) is 0 Å². The van der Waals surface area contributed by atoms with Crippen LogP contribution >= 0.6 is 0 Å². The number of hydrogen-bond acceptors (Lipinski definition) is 6. The third-order valence-corrected chi connectivity index (χ3v) is 2.14. The van der Waals surface area contributed by atoms with E-state index in [0.29, 0.717) is 12.1 Å². The van der Waals surface area contributed by atoms with Crippen LogP contribution in [0.3, 0.4) is 0 Å². The quantitative estimate of drug-likeness (QED) is 0.356. The van der Waals surface area contributed by atoms with Gasteiger partial charge in [0.05, 0.1) is 18.7 Å². The van der Waals surface area contributed by atoms with Crippen LogP contribution in [0.1, 0.15) is 17.6 Å². The standard InChI is InChI=1S/C9H14N2O5/c12-2-1-7-10-3-5(11-7)8(15)9(16)6(14)4-13/h2-3,6,8-9,13-16H,1,4H2,(H,10,11)/t6-,8-,9-/m1/s1. The molecule has 0 aliphatic heterocycles. The van der Waals surface area contributed by atoms with Crippen LogP contribution in [0.15, 0.2) is 6.20 Å². The molecule has 0 saturated carbocycles. The van der Waals surface area contributed by atoms with Gasteiger partial charge in [-0.1, -0.05) is 0 Å². The lowest BCUT2D eigenvalue weighted by molar-refractivity contribution is -0.107. The van der Waals surface area contributed by atoms with Gasteiger partial charge in [-0.05, 0) is 0 Å². The number of rotatable bonds is 6. The predicted molar refractivity (Wildman–Crippen MR) is 52.4 cm³/mol. The summed E-state index contributed by atoms with van der Waals surface area (Å²) in [5.74, 6) is 0.356. The van der Waals surface area contributed by atoms with Crippen molar-refractivity contribution < 1.29 is 25.2 Å². The molecule has 16 heavy (non-hydrogen) atoms. The van der Waals surface area contributed by atoms with E-state index >= 15 is 0 Å². The van der Waals surface area contributed by atoms with Gasteiger partial charge in [-0.25, -0.2) is 4.98 Å². The second-order valence-corrected chi connectivity index (χ2v) is 3.33. The number of nitrogens with zero attached hydrogens (tertiary/aromatic N) is 1. The van der Waals surface area contributed by atoms with Gasteiger partial charge >= 0.3 is 0 Å². The Hall–Kier alpha value is -1.28. The van der Waals surface area contributed by atoms with E-state index < -0.39 is 24.9 Å². The third kappa shape index (κ3) is 2.86. The van der Waals surface area contributed by atoms with Crippen molar-refractivity contribution in [3.63, 3.8) is 0 Å². The van der Waals surface area contributed by atoms with Gasteiger partial charge in [-0.2, -0.15) is 0 Å². The maximum absolute atomic E-state index is 10.2. The zero-order valence-corrected chi connectivity index (χ0v) is 8.45. The van der Waals surface area contributed by atoms with Crippen molar-refractivity contribution in [1.29, 1.82) is 0 Å². The Morgan fingerprint density at radius 1 is 1.44 bits per heavy atom. The number of aldehydes is 1. The fourth-order valence-electron chi connectivity index (χ4n) is 1.21. The Kier molecular flexibility index (Phi) is 4.56. The number of aromatic nitrogens is 2. The molecule has 3 atom stereocenters. The monoisotopic (exact) mass is 230 g/mol. The summed E-state index contributed by atoms with van der Waals surface area (Å²) in [6.45, 7) is -0.663. The SMILES string of the molecule is O=CCc1nc([C@@H](O)[C@H](O)[C@H](O)CO)c[nH]1. The Labute approximate surface area is 91.4 Å². The van der Waals surface area contributed by atoms with Gasteiger partial charge in [0, 0.05) is 6.20 Å². The number of aliphatic hydroxyl groups excluding tert-OH is 4. The number of carbonyl (C=O) groups is 1. The number of H-pyrrole nitrogens is 1. The number of nitrogens with one attached hydrogen (secondary N) is 1. The minimum atomic E-state index is -1.53. The first-order valence-electron chi connectivity index (χ1n) is 4.73. The topological polar surface area (TPSA) is 127 Å². The summed E-state index contributed by atoms with van der Waals surface area (Å²) in [5.41, 5.74) is 0.108. The van der Waals surface area contributed by atoms with Gasteiger partial charge in [0.1, 0.15) is 30.4 Å². The maximum Gasteiger partial charge on any atom is 0.127 e. The van der Waals surface area contributed by atoms with E-state index in [9.17, 15) is 15.0 Å². The zero-order valence-electron chi connectivity index (χ0n) is 8.45. The van der Waals surface area contributed by atoms with E-state index in [2.05, 4.69) is 9.97 Å². The number of carbonyl (C=O) groups excluding carboxylic acids is 1. The second kappa shape index (κ2) is 5.71. The molecule has 0 unspecified atom stereocenters. The van der Waals surface area contributed by atoms with Crippen LogP contribution in [0.5, 0.6) is 0 Å². The average molecular weight is 230 g/mol. The van der Waals surface area contributed by atoms with Crippen LogP contribution in [-0.2, 0) is 11.2 Å². The first kappa shape index (κ1) is 12.8. The average Bonchev–Trinajstić information content (AvgIpc) is 2.75.